The van der Waals surface area contributed by atoms with Gasteiger partial charge in [-0.25, -0.2) is 0 Å². The molecule has 0 aromatic heterocycles. The van der Waals surface area contributed by atoms with Crippen molar-refractivity contribution in [3.05, 3.63) is 48.0 Å². The van der Waals surface area contributed by atoms with Gasteiger partial charge in [-0.1, -0.05) is 89.4 Å². The second-order valence-corrected chi connectivity index (χ2v) is 15.8. The SMILES string of the molecule is CCCCCC(O)C1C(=O)CC(O[Si](C)(C)C(C)(C)C)C1/C=C/CCOCc1ccccc1. The van der Waals surface area contributed by atoms with Gasteiger partial charge in [0.15, 0.2) is 8.32 Å². The van der Waals surface area contributed by atoms with Crippen LogP contribution in [-0.4, -0.2) is 38.0 Å². The van der Waals surface area contributed by atoms with Crippen LogP contribution in [0.25, 0.3) is 0 Å². The average Bonchev–Trinajstić information content (AvgIpc) is 3.04. The predicted molar refractivity (Wildman–Crippen MR) is 139 cm³/mol. The van der Waals surface area contributed by atoms with E-state index in [-0.39, 0.29) is 28.8 Å². The van der Waals surface area contributed by atoms with Crippen molar-refractivity contribution in [2.45, 2.75) is 103 Å². The van der Waals surface area contributed by atoms with Crippen LogP contribution < -0.4 is 0 Å². The normalized spacial score (nSPS) is 22.9. The number of Topliss-reactive ketones (excluding diaryl/α,β-unsaturated/α-hetero) is 1. The molecule has 0 saturated heterocycles. The zero-order valence-electron chi connectivity index (χ0n) is 21.7. The van der Waals surface area contributed by atoms with Crippen LogP contribution in [0, 0.1) is 11.8 Å². The Kier molecular flexibility index (Phi) is 11.0. The molecule has 0 radical (unpaired) electrons. The first kappa shape index (κ1) is 28.0. The highest BCUT2D eigenvalue weighted by Crippen LogP contribution is 2.43. The monoisotopic (exact) mass is 474 g/mol. The third-order valence-corrected chi connectivity index (χ3v) is 11.8. The molecule has 0 heterocycles. The molecule has 1 aliphatic carbocycles. The molecule has 33 heavy (non-hydrogen) atoms. The van der Waals surface area contributed by atoms with Gasteiger partial charge in [0.25, 0.3) is 0 Å². The number of benzene rings is 1. The maximum Gasteiger partial charge on any atom is 0.192 e. The summed E-state index contributed by atoms with van der Waals surface area (Å²) in [6.07, 6.45) is 8.51. The van der Waals surface area contributed by atoms with E-state index in [1.807, 2.05) is 18.2 Å². The molecular formula is C28H46O4Si. The number of rotatable bonds is 13. The minimum Gasteiger partial charge on any atom is -0.413 e. The van der Waals surface area contributed by atoms with Crippen LogP contribution in [0.15, 0.2) is 42.5 Å². The molecule has 1 aromatic rings. The number of hydrogen-bond donors (Lipinski definition) is 1. The van der Waals surface area contributed by atoms with E-state index in [0.717, 1.165) is 25.7 Å². The van der Waals surface area contributed by atoms with Gasteiger partial charge in [-0.05, 0) is 36.5 Å². The fraction of sp³-hybridized carbons (Fsp3) is 0.679. The molecule has 4 atom stereocenters. The Labute approximate surface area is 202 Å². The number of carbonyl (C=O) groups is 1. The van der Waals surface area contributed by atoms with Gasteiger partial charge in [0.1, 0.15) is 5.78 Å². The maximum absolute atomic E-state index is 13.0. The largest absolute Gasteiger partial charge is 0.413 e. The van der Waals surface area contributed by atoms with Crippen molar-refractivity contribution in [2.24, 2.45) is 11.8 Å². The van der Waals surface area contributed by atoms with E-state index in [2.05, 4.69) is 65.1 Å². The first-order valence-corrected chi connectivity index (χ1v) is 15.6. The number of aliphatic hydroxyl groups is 1. The Morgan fingerprint density at radius 3 is 2.52 bits per heavy atom. The topological polar surface area (TPSA) is 55.8 Å². The molecule has 1 aromatic carbocycles. The molecule has 4 nitrogen and oxygen atoms in total. The Bertz CT molecular complexity index is 738. The molecule has 1 N–H and O–H groups in total. The van der Waals surface area contributed by atoms with Gasteiger partial charge < -0.3 is 14.3 Å². The number of ketones is 1. The molecule has 0 amide bonds. The van der Waals surface area contributed by atoms with Crippen molar-refractivity contribution >= 4 is 14.1 Å². The van der Waals surface area contributed by atoms with E-state index < -0.39 is 14.4 Å². The van der Waals surface area contributed by atoms with Gasteiger partial charge >= 0.3 is 0 Å². The van der Waals surface area contributed by atoms with Crippen LogP contribution in [-0.2, 0) is 20.6 Å². The Morgan fingerprint density at radius 1 is 1.18 bits per heavy atom. The minimum atomic E-state index is -2.03. The summed E-state index contributed by atoms with van der Waals surface area (Å²) in [6.45, 7) is 14.5. The lowest BCUT2D eigenvalue weighted by Crippen LogP contribution is -2.45. The van der Waals surface area contributed by atoms with Crippen LogP contribution in [0.1, 0.15) is 71.8 Å². The van der Waals surface area contributed by atoms with Crippen LogP contribution in [0.4, 0.5) is 0 Å². The summed E-state index contributed by atoms with van der Waals surface area (Å²) in [6, 6.07) is 10.2. The summed E-state index contributed by atoms with van der Waals surface area (Å²) in [4.78, 5) is 13.0. The zero-order chi connectivity index (χ0) is 24.5. The van der Waals surface area contributed by atoms with E-state index in [1.165, 1.54) is 5.56 Å². The van der Waals surface area contributed by atoms with E-state index in [0.29, 0.717) is 26.1 Å². The second kappa shape index (κ2) is 13.0. The third kappa shape index (κ3) is 8.47. The molecule has 0 aliphatic heterocycles. The van der Waals surface area contributed by atoms with E-state index >= 15 is 0 Å². The molecule has 186 valence electrons. The first-order valence-electron chi connectivity index (χ1n) is 12.7. The van der Waals surface area contributed by atoms with Gasteiger partial charge in [0.2, 0.25) is 0 Å². The summed E-state index contributed by atoms with van der Waals surface area (Å²) in [5.41, 5.74) is 1.17. The lowest BCUT2D eigenvalue weighted by molar-refractivity contribution is -0.124. The lowest BCUT2D eigenvalue weighted by atomic mass is 9.86. The van der Waals surface area contributed by atoms with Crippen molar-refractivity contribution in [2.75, 3.05) is 6.61 Å². The number of ether oxygens (including phenoxy) is 1. The fourth-order valence-corrected chi connectivity index (χ4v) is 5.61. The van der Waals surface area contributed by atoms with Crippen molar-refractivity contribution in [1.82, 2.24) is 0 Å². The number of aliphatic hydroxyl groups excluding tert-OH is 1. The fourth-order valence-electron chi connectivity index (χ4n) is 4.26. The van der Waals surface area contributed by atoms with Gasteiger partial charge in [-0.3, -0.25) is 4.79 Å². The highest BCUT2D eigenvalue weighted by atomic mass is 28.4. The summed E-state index contributed by atoms with van der Waals surface area (Å²) >= 11 is 0. The number of unbranched alkanes of at least 4 members (excludes halogenated alkanes) is 2. The van der Waals surface area contributed by atoms with Crippen molar-refractivity contribution < 1.29 is 19.1 Å². The predicted octanol–water partition coefficient (Wildman–Crippen LogP) is 6.69. The average molecular weight is 475 g/mol. The van der Waals surface area contributed by atoms with Gasteiger partial charge in [0, 0.05) is 12.3 Å². The molecule has 2 rings (SSSR count). The molecule has 0 spiro atoms. The quantitative estimate of drug-likeness (QED) is 0.197. The molecule has 4 unspecified atom stereocenters. The highest BCUT2D eigenvalue weighted by Gasteiger charge is 2.49. The van der Waals surface area contributed by atoms with Crippen LogP contribution in [0.2, 0.25) is 18.1 Å². The summed E-state index contributed by atoms with van der Waals surface area (Å²) in [7, 11) is -2.03. The van der Waals surface area contributed by atoms with E-state index in [9.17, 15) is 9.90 Å². The van der Waals surface area contributed by atoms with Gasteiger partial charge in [-0.15, -0.1) is 0 Å². The molecule has 1 saturated carbocycles. The van der Waals surface area contributed by atoms with Crippen molar-refractivity contribution in [3.63, 3.8) is 0 Å². The summed E-state index contributed by atoms with van der Waals surface area (Å²) < 4.78 is 12.5. The zero-order valence-corrected chi connectivity index (χ0v) is 22.7. The van der Waals surface area contributed by atoms with Crippen LogP contribution in [0.5, 0.6) is 0 Å². The third-order valence-electron chi connectivity index (χ3n) is 7.29. The van der Waals surface area contributed by atoms with Crippen LogP contribution in [0.3, 0.4) is 0 Å². The maximum atomic E-state index is 13.0. The first-order chi connectivity index (χ1) is 15.6. The molecular weight excluding hydrogens is 428 g/mol. The lowest BCUT2D eigenvalue weighted by Gasteiger charge is -2.40. The molecule has 0 bridgehead atoms. The number of hydrogen-bond acceptors (Lipinski definition) is 4. The van der Waals surface area contributed by atoms with Crippen molar-refractivity contribution in [3.8, 4) is 0 Å². The molecule has 5 heteroatoms. The second-order valence-electron chi connectivity index (χ2n) is 11.0. The Morgan fingerprint density at radius 2 is 1.88 bits per heavy atom. The standard InChI is InChI=1S/C28H46O4Si/c1-7-8-10-18-24(29)27-23(17-13-14-19-31-21-22-15-11-9-12-16-22)26(20-25(27)30)32-33(5,6)28(2,3)4/h9,11-13,15-17,23-24,26-27,29H,7-8,10,14,18-21H2,1-6H3/b17-13+. The van der Waals surface area contributed by atoms with E-state index in [4.69, 9.17) is 9.16 Å². The van der Waals surface area contributed by atoms with Gasteiger partial charge in [0.05, 0.1) is 31.3 Å². The smallest absolute Gasteiger partial charge is 0.192 e. The number of carbonyl (C=O) groups excluding carboxylic acids is 1. The van der Waals surface area contributed by atoms with E-state index in [1.54, 1.807) is 0 Å². The Hall–Kier alpha value is -1.27. The minimum absolute atomic E-state index is 0.0719. The molecule has 1 aliphatic rings. The van der Waals surface area contributed by atoms with Crippen molar-refractivity contribution in [1.29, 1.82) is 0 Å². The summed E-state index contributed by atoms with van der Waals surface area (Å²) in [5.74, 6) is -0.284. The Balaban J connectivity index is 2.03. The summed E-state index contributed by atoms with van der Waals surface area (Å²) in [5, 5.41) is 11.0. The molecule has 1 fully saturated rings. The van der Waals surface area contributed by atoms with Crippen LogP contribution >= 0.6 is 0 Å². The van der Waals surface area contributed by atoms with Gasteiger partial charge in [-0.2, -0.15) is 0 Å². The highest BCUT2D eigenvalue weighted by molar-refractivity contribution is 6.74.